The van der Waals surface area contributed by atoms with Gasteiger partial charge in [-0.1, -0.05) is 84.9 Å². The van der Waals surface area contributed by atoms with Crippen LogP contribution in [0.1, 0.15) is 41.2 Å². The molecule has 2 amide bonds. The average molecular weight is 446 g/mol. The molecule has 0 spiro atoms. The van der Waals surface area contributed by atoms with Gasteiger partial charge < -0.3 is 14.8 Å². The summed E-state index contributed by atoms with van der Waals surface area (Å²) in [5.41, 5.74) is 11.2. The van der Waals surface area contributed by atoms with E-state index in [1.807, 2.05) is 84.9 Å². The zero-order valence-electron chi connectivity index (χ0n) is 18.5. The summed E-state index contributed by atoms with van der Waals surface area (Å²) in [5.74, 6) is -0.592. The summed E-state index contributed by atoms with van der Waals surface area (Å²) in [5, 5.41) is 2.77. The molecule has 6 heteroatoms. The normalized spacial score (nSPS) is 11.5. The molecule has 6 nitrogen and oxygen atoms in total. The van der Waals surface area contributed by atoms with Crippen molar-refractivity contribution in [2.75, 3.05) is 6.54 Å². The van der Waals surface area contributed by atoms with Gasteiger partial charge in [-0.3, -0.25) is 10.5 Å². The molecule has 0 saturated heterocycles. The van der Waals surface area contributed by atoms with E-state index in [0.717, 1.165) is 22.3 Å². The summed E-state index contributed by atoms with van der Waals surface area (Å²) in [7, 11) is 0. The van der Waals surface area contributed by atoms with E-state index in [4.69, 9.17) is 15.2 Å². The van der Waals surface area contributed by atoms with Gasteiger partial charge in [-0.2, -0.15) is 0 Å². The highest BCUT2D eigenvalue weighted by atomic mass is 16.5. The topological polar surface area (TPSA) is 88.4 Å². The molecule has 1 atom stereocenters. The van der Waals surface area contributed by atoms with Crippen LogP contribution in [0.15, 0.2) is 84.9 Å². The van der Waals surface area contributed by atoms with Crippen LogP contribution in [0.3, 0.4) is 0 Å². The zero-order chi connectivity index (χ0) is 23.3. The van der Waals surface area contributed by atoms with E-state index in [0.29, 0.717) is 26.0 Å². The fourth-order valence-electron chi connectivity index (χ4n) is 3.36. The van der Waals surface area contributed by atoms with Gasteiger partial charge in [0.2, 0.25) is 5.91 Å². The van der Waals surface area contributed by atoms with Crippen molar-refractivity contribution >= 4 is 12.0 Å². The SMILES string of the molecule is [NH]C(=O)CCC(OCc1ccccc1)c1ccc(CCNC(=O)OCc2ccccc2)cc1. The maximum atomic E-state index is 11.9. The monoisotopic (exact) mass is 445 g/mol. The van der Waals surface area contributed by atoms with Crippen LogP contribution in [0.25, 0.3) is 0 Å². The summed E-state index contributed by atoms with van der Waals surface area (Å²) in [6.07, 6.45) is 0.575. The van der Waals surface area contributed by atoms with Crippen molar-refractivity contribution < 1.29 is 19.1 Å². The number of carbonyl (C=O) groups excluding carboxylic acids is 2. The number of nitrogens with one attached hydrogen (secondary N) is 2. The number of hydrogen-bond acceptors (Lipinski definition) is 4. The molecule has 1 unspecified atom stereocenters. The summed E-state index contributed by atoms with van der Waals surface area (Å²) < 4.78 is 11.3. The largest absolute Gasteiger partial charge is 0.445 e. The third-order valence-corrected chi connectivity index (χ3v) is 5.17. The van der Waals surface area contributed by atoms with Crippen molar-refractivity contribution in [3.63, 3.8) is 0 Å². The standard InChI is InChI=1S/C27H29N2O4/c28-26(30)16-15-25(32-19-22-7-3-1-4-8-22)24-13-11-21(12-14-24)17-18-29-27(31)33-20-23-9-5-2-6-10-23/h1-14,25,28H,15-20H2,(H,29,31). The second kappa shape index (κ2) is 13.0. The molecule has 3 aromatic carbocycles. The van der Waals surface area contributed by atoms with E-state index in [9.17, 15) is 9.59 Å². The van der Waals surface area contributed by atoms with Gasteiger partial charge in [-0.25, -0.2) is 4.79 Å². The van der Waals surface area contributed by atoms with Crippen LogP contribution < -0.4 is 11.1 Å². The number of ether oxygens (including phenoxy) is 2. The minimum absolute atomic E-state index is 0.149. The van der Waals surface area contributed by atoms with Crippen molar-refractivity contribution in [1.82, 2.24) is 11.1 Å². The Bertz CT molecular complexity index is 992. The Balaban J connectivity index is 1.47. The van der Waals surface area contributed by atoms with Gasteiger partial charge in [-0.05, 0) is 35.1 Å². The molecule has 0 aromatic heterocycles. The molecule has 3 aromatic rings. The van der Waals surface area contributed by atoms with Crippen LogP contribution in [-0.2, 0) is 33.9 Å². The Hall–Kier alpha value is -3.64. The van der Waals surface area contributed by atoms with Crippen molar-refractivity contribution in [2.45, 2.75) is 38.6 Å². The maximum absolute atomic E-state index is 11.9. The van der Waals surface area contributed by atoms with Crippen molar-refractivity contribution in [3.8, 4) is 0 Å². The Labute approximate surface area is 194 Å². The number of amides is 2. The van der Waals surface area contributed by atoms with Gasteiger partial charge in [0.05, 0.1) is 12.7 Å². The Morgan fingerprint density at radius 1 is 0.788 bits per heavy atom. The van der Waals surface area contributed by atoms with Crippen molar-refractivity contribution in [2.24, 2.45) is 0 Å². The van der Waals surface area contributed by atoms with E-state index < -0.39 is 12.0 Å². The molecule has 0 heterocycles. The number of benzene rings is 3. The molecule has 0 saturated carbocycles. The summed E-state index contributed by atoms with van der Waals surface area (Å²) in [4.78, 5) is 23.0. The van der Waals surface area contributed by atoms with Gasteiger partial charge in [0, 0.05) is 13.0 Å². The van der Waals surface area contributed by atoms with Gasteiger partial charge in [0.1, 0.15) is 6.61 Å². The minimum atomic E-state index is -0.592. The first-order valence-electron chi connectivity index (χ1n) is 11.0. The molecular formula is C27H29N2O4. The molecule has 0 fully saturated rings. The van der Waals surface area contributed by atoms with Gasteiger partial charge in [0.15, 0.2) is 0 Å². The van der Waals surface area contributed by atoms with E-state index in [2.05, 4.69) is 5.32 Å². The number of alkyl carbamates (subject to hydrolysis) is 1. The molecule has 0 bridgehead atoms. The van der Waals surface area contributed by atoms with Crippen LogP contribution in [0.2, 0.25) is 0 Å². The van der Waals surface area contributed by atoms with Crippen LogP contribution >= 0.6 is 0 Å². The fourth-order valence-corrected chi connectivity index (χ4v) is 3.36. The maximum Gasteiger partial charge on any atom is 0.407 e. The molecular weight excluding hydrogens is 416 g/mol. The van der Waals surface area contributed by atoms with Crippen LogP contribution in [0.5, 0.6) is 0 Å². The first-order valence-corrected chi connectivity index (χ1v) is 11.0. The average Bonchev–Trinajstić information content (AvgIpc) is 2.84. The van der Waals surface area contributed by atoms with Crippen LogP contribution in [-0.4, -0.2) is 18.5 Å². The Morgan fingerprint density at radius 3 is 2.00 bits per heavy atom. The lowest BCUT2D eigenvalue weighted by atomic mass is 10.0. The molecule has 0 aliphatic heterocycles. The molecule has 0 aliphatic carbocycles. The highest BCUT2D eigenvalue weighted by Gasteiger charge is 2.14. The Morgan fingerprint density at radius 2 is 1.39 bits per heavy atom. The predicted molar refractivity (Wildman–Crippen MR) is 126 cm³/mol. The highest BCUT2D eigenvalue weighted by molar-refractivity contribution is 5.72. The molecule has 1 radical (unpaired) electrons. The van der Waals surface area contributed by atoms with Crippen LogP contribution in [0, 0.1) is 0 Å². The minimum Gasteiger partial charge on any atom is -0.445 e. The Kier molecular flexibility index (Phi) is 9.48. The lowest BCUT2D eigenvalue weighted by Gasteiger charge is -2.18. The summed E-state index contributed by atoms with van der Waals surface area (Å²) >= 11 is 0. The number of carbonyl (C=O) groups is 2. The van der Waals surface area contributed by atoms with Gasteiger partial charge in [-0.15, -0.1) is 0 Å². The molecule has 2 N–H and O–H groups in total. The lowest BCUT2D eigenvalue weighted by Crippen LogP contribution is -2.26. The van der Waals surface area contributed by atoms with Crippen molar-refractivity contribution in [3.05, 3.63) is 107 Å². The quantitative estimate of drug-likeness (QED) is 0.425. The third-order valence-electron chi connectivity index (χ3n) is 5.17. The van der Waals surface area contributed by atoms with Gasteiger partial charge in [0.25, 0.3) is 0 Å². The molecule has 171 valence electrons. The first kappa shape index (κ1) is 24.0. The third kappa shape index (κ3) is 8.79. The second-order valence-corrected chi connectivity index (χ2v) is 7.73. The van der Waals surface area contributed by atoms with E-state index in [-0.39, 0.29) is 19.1 Å². The molecule has 3 rings (SSSR count). The zero-order valence-corrected chi connectivity index (χ0v) is 18.5. The fraction of sp³-hybridized carbons (Fsp3) is 0.259. The summed E-state index contributed by atoms with van der Waals surface area (Å²) in [6.45, 7) is 1.15. The molecule has 33 heavy (non-hydrogen) atoms. The molecule has 0 aliphatic rings. The van der Waals surface area contributed by atoms with Crippen molar-refractivity contribution in [1.29, 1.82) is 0 Å². The van der Waals surface area contributed by atoms with Gasteiger partial charge >= 0.3 is 6.09 Å². The second-order valence-electron chi connectivity index (χ2n) is 7.73. The number of hydrogen-bond donors (Lipinski definition) is 1. The van der Waals surface area contributed by atoms with E-state index >= 15 is 0 Å². The van der Waals surface area contributed by atoms with E-state index in [1.54, 1.807) is 0 Å². The lowest BCUT2D eigenvalue weighted by molar-refractivity contribution is -0.119. The van der Waals surface area contributed by atoms with Crippen LogP contribution in [0.4, 0.5) is 4.79 Å². The first-order chi connectivity index (χ1) is 16.1. The summed E-state index contributed by atoms with van der Waals surface area (Å²) in [6, 6.07) is 27.4. The highest BCUT2D eigenvalue weighted by Crippen LogP contribution is 2.25. The number of rotatable bonds is 12. The predicted octanol–water partition coefficient (Wildman–Crippen LogP) is 5.00. The smallest absolute Gasteiger partial charge is 0.407 e. The van der Waals surface area contributed by atoms with E-state index in [1.165, 1.54) is 0 Å².